The number of ether oxygens (including phenoxy) is 1. The first-order chi connectivity index (χ1) is 12.4. The van der Waals surface area contributed by atoms with Gasteiger partial charge >= 0.3 is 5.97 Å². The molecule has 5 nitrogen and oxygen atoms in total. The first kappa shape index (κ1) is 18.5. The second-order valence-corrected chi connectivity index (χ2v) is 7.51. The van der Waals surface area contributed by atoms with Gasteiger partial charge in [0.2, 0.25) is 0 Å². The van der Waals surface area contributed by atoms with Crippen molar-refractivity contribution in [2.75, 3.05) is 6.61 Å². The topological polar surface area (TPSA) is 68.5 Å². The Kier molecular flexibility index (Phi) is 5.35. The van der Waals surface area contributed by atoms with Crippen LogP contribution in [0.2, 0.25) is 0 Å². The van der Waals surface area contributed by atoms with Gasteiger partial charge in [-0.3, -0.25) is 4.79 Å². The molecule has 0 aliphatic heterocycles. The first-order valence-electron chi connectivity index (χ1n) is 9.36. The van der Waals surface area contributed by atoms with Crippen LogP contribution in [0.3, 0.4) is 0 Å². The fraction of sp³-hybridized carbons (Fsp3) is 0.524. The fourth-order valence-electron chi connectivity index (χ4n) is 4.16. The van der Waals surface area contributed by atoms with Gasteiger partial charge in [0.15, 0.2) is 6.61 Å². The van der Waals surface area contributed by atoms with Gasteiger partial charge in [-0.2, -0.15) is 0 Å². The first-order valence-corrected chi connectivity index (χ1v) is 9.36. The highest BCUT2D eigenvalue weighted by molar-refractivity contribution is 5.91. The van der Waals surface area contributed by atoms with Gasteiger partial charge < -0.3 is 14.4 Å². The standard InChI is InChI=1S/C21H27NO4/c1-13-9-17-20(14(2)10-18(23)22(17)3)21(26-12-19(24)25)16(13)11-15-7-5-4-6-8-15/h9-10,15H,4-8,11-12H2,1-3H3,(H,24,25). The van der Waals surface area contributed by atoms with Gasteiger partial charge in [-0.1, -0.05) is 32.1 Å². The van der Waals surface area contributed by atoms with Crippen LogP contribution in [0.5, 0.6) is 5.75 Å². The summed E-state index contributed by atoms with van der Waals surface area (Å²) in [6, 6.07) is 3.63. The summed E-state index contributed by atoms with van der Waals surface area (Å²) in [6.07, 6.45) is 7.15. The number of carboxylic acids is 1. The fourth-order valence-corrected chi connectivity index (χ4v) is 4.16. The maximum Gasteiger partial charge on any atom is 0.341 e. The van der Waals surface area contributed by atoms with E-state index in [0.29, 0.717) is 11.7 Å². The van der Waals surface area contributed by atoms with Crippen LogP contribution in [-0.2, 0) is 18.3 Å². The molecule has 1 aromatic carbocycles. The summed E-state index contributed by atoms with van der Waals surface area (Å²) < 4.78 is 7.40. The van der Waals surface area contributed by atoms with Crippen LogP contribution >= 0.6 is 0 Å². The van der Waals surface area contributed by atoms with Crippen LogP contribution in [0.25, 0.3) is 10.9 Å². The van der Waals surface area contributed by atoms with Crippen molar-refractivity contribution in [3.05, 3.63) is 39.2 Å². The van der Waals surface area contributed by atoms with Crippen molar-refractivity contribution < 1.29 is 14.6 Å². The van der Waals surface area contributed by atoms with Crippen LogP contribution in [0.4, 0.5) is 0 Å². The van der Waals surface area contributed by atoms with E-state index >= 15 is 0 Å². The van der Waals surface area contributed by atoms with E-state index in [2.05, 4.69) is 0 Å². The lowest BCUT2D eigenvalue weighted by atomic mass is 9.83. The number of carbonyl (C=O) groups is 1. The molecule has 1 aromatic heterocycles. The van der Waals surface area contributed by atoms with E-state index in [-0.39, 0.29) is 12.2 Å². The SMILES string of the molecule is Cc1cc2c(c(C)cc(=O)n2C)c(OCC(=O)O)c1CC1CCCCC1. The zero-order valence-electron chi connectivity index (χ0n) is 15.8. The van der Waals surface area contributed by atoms with Crippen molar-refractivity contribution in [1.29, 1.82) is 0 Å². The number of aliphatic carboxylic acids is 1. The van der Waals surface area contributed by atoms with E-state index in [4.69, 9.17) is 9.84 Å². The summed E-state index contributed by atoms with van der Waals surface area (Å²) in [5.74, 6) is 0.256. The highest BCUT2D eigenvalue weighted by Gasteiger charge is 2.22. The Hall–Kier alpha value is -2.30. The number of hydrogen-bond donors (Lipinski definition) is 1. The molecule has 1 fully saturated rings. The molecule has 0 unspecified atom stereocenters. The number of pyridine rings is 1. The minimum Gasteiger partial charge on any atom is -0.481 e. The minimum atomic E-state index is -0.995. The van der Waals surface area contributed by atoms with E-state index in [9.17, 15) is 9.59 Å². The Bertz CT molecular complexity index is 891. The Morgan fingerprint density at radius 2 is 1.88 bits per heavy atom. The summed E-state index contributed by atoms with van der Waals surface area (Å²) in [6.45, 7) is 3.54. The lowest BCUT2D eigenvalue weighted by Gasteiger charge is -2.25. The molecule has 0 spiro atoms. The number of carboxylic acid groups (broad SMARTS) is 1. The van der Waals surface area contributed by atoms with E-state index in [1.54, 1.807) is 17.7 Å². The Morgan fingerprint density at radius 3 is 2.54 bits per heavy atom. The highest BCUT2D eigenvalue weighted by atomic mass is 16.5. The quantitative estimate of drug-likeness (QED) is 0.885. The molecule has 140 valence electrons. The van der Waals surface area contributed by atoms with Gasteiger partial charge in [0, 0.05) is 18.5 Å². The molecule has 1 N–H and O–H groups in total. The molecule has 26 heavy (non-hydrogen) atoms. The molecule has 1 heterocycles. The lowest BCUT2D eigenvalue weighted by Crippen LogP contribution is -2.19. The van der Waals surface area contributed by atoms with Gasteiger partial charge in [0.1, 0.15) is 5.75 Å². The predicted molar refractivity (Wildman–Crippen MR) is 102 cm³/mol. The summed E-state index contributed by atoms with van der Waals surface area (Å²) >= 11 is 0. The number of aryl methyl sites for hydroxylation is 3. The van der Waals surface area contributed by atoms with Crippen LogP contribution in [0, 0.1) is 19.8 Å². The van der Waals surface area contributed by atoms with Crippen LogP contribution in [0.15, 0.2) is 16.9 Å². The van der Waals surface area contributed by atoms with Crippen molar-refractivity contribution in [2.45, 2.75) is 52.4 Å². The summed E-state index contributed by atoms with van der Waals surface area (Å²) in [4.78, 5) is 23.3. The Balaban J connectivity index is 2.17. The van der Waals surface area contributed by atoms with E-state index in [1.807, 2.05) is 19.9 Å². The minimum absolute atomic E-state index is 0.0707. The summed E-state index contributed by atoms with van der Waals surface area (Å²) in [5, 5.41) is 9.97. The number of hydrogen-bond acceptors (Lipinski definition) is 3. The van der Waals surface area contributed by atoms with Crippen molar-refractivity contribution >= 4 is 16.9 Å². The smallest absolute Gasteiger partial charge is 0.341 e. The predicted octanol–water partition coefficient (Wildman–Crippen LogP) is 3.74. The molecule has 3 rings (SSSR count). The third kappa shape index (κ3) is 3.62. The number of nitrogens with zero attached hydrogens (tertiary/aromatic N) is 1. The molecular weight excluding hydrogens is 330 g/mol. The third-order valence-electron chi connectivity index (χ3n) is 5.57. The lowest BCUT2D eigenvalue weighted by molar-refractivity contribution is -0.139. The van der Waals surface area contributed by atoms with Crippen molar-refractivity contribution in [2.24, 2.45) is 13.0 Å². The molecule has 2 aromatic rings. The molecular formula is C21H27NO4. The molecule has 0 atom stereocenters. The van der Waals surface area contributed by atoms with Crippen LogP contribution < -0.4 is 10.3 Å². The average Bonchev–Trinajstić information content (AvgIpc) is 2.60. The molecule has 0 radical (unpaired) electrons. The zero-order valence-corrected chi connectivity index (χ0v) is 15.8. The monoisotopic (exact) mass is 357 g/mol. The maximum absolute atomic E-state index is 12.2. The van der Waals surface area contributed by atoms with Crippen LogP contribution in [0.1, 0.15) is 48.8 Å². The van der Waals surface area contributed by atoms with Crippen molar-refractivity contribution in [3.63, 3.8) is 0 Å². The van der Waals surface area contributed by atoms with Gasteiger partial charge in [-0.25, -0.2) is 4.79 Å². The van der Waals surface area contributed by atoms with Crippen molar-refractivity contribution in [3.8, 4) is 5.75 Å². The summed E-state index contributed by atoms with van der Waals surface area (Å²) in [5.41, 5.74) is 3.70. The number of rotatable bonds is 5. The number of benzene rings is 1. The Labute approximate surface area is 153 Å². The molecule has 0 bridgehead atoms. The molecule has 0 amide bonds. The molecule has 1 aliphatic rings. The third-order valence-corrected chi connectivity index (χ3v) is 5.57. The number of aromatic nitrogens is 1. The van der Waals surface area contributed by atoms with E-state index < -0.39 is 5.97 Å². The number of fused-ring (bicyclic) bond motifs is 1. The highest BCUT2D eigenvalue weighted by Crippen LogP contribution is 2.38. The molecule has 1 aliphatic carbocycles. The van der Waals surface area contributed by atoms with Gasteiger partial charge in [0.05, 0.1) is 5.52 Å². The van der Waals surface area contributed by atoms with E-state index in [0.717, 1.165) is 34.0 Å². The molecule has 5 heteroatoms. The van der Waals surface area contributed by atoms with Gasteiger partial charge in [0.25, 0.3) is 5.56 Å². The second kappa shape index (κ2) is 7.52. The normalized spacial score (nSPS) is 15.3. The van der Waals surface area contributed by atoms with Crippen LogP contribution in [-0.4, -0.2) is 22.2 Å². The van der Waals surface area contributed by atoms with E-state index in [1.165, 1.54) is 32.1 Å². The molecule has 1 saturated carbocycles. The summed E-state index contributed by atoms with van der Waals surface area (Å²) in [7, 11) is 1.74. The second-order valence-electron chi connectivity index (χ2n) is 7.51. The van der Waals surface area contributed by atoms with Gasteiger partial charge in [-0.15, -0.1) is 0 Å². The average molecular weight is 357 g/mol. The molecule has 0 saturated heterocycles. The largest absolute Gasteiger partial charge is 0.481 e. The maximum atomic E-state index is 12.2. The Morgan fingerprint density at radius 1 is 1.19 bits per heavy atom. The zero-order chi connectivity index (χ0) is 18.8. The van der Waals surface area contributed by atoms with Gasteiger partial charge in [-0.05, 0) is 48.9 Å². The van der Waals surface area contributed by atoms with Crippen molar-refractivity contribution in [1.82, 2.24) is 4.57 Å².